The number of nitrogens with zero attached hydrogens (tertiary/aromatic N) is 2. The van der Waals surface area contributed by atoms with E-state index in [0.29, 0.717) is 16.3 Å². The van der Waals surface area contributed by atoms with Gasteiger partial charge in [-0.2, -0.15) is 0 Å². The van der Waals surface area contributed by atoms with Gasteiger partial charge < -0.3 is 0 Å². The average molecular weight is 684 g/mol. The summed E-state index contributed by atoms with van der Waals surface area (Å²) in [5.41, 5.74) is 8.41. The summed E-state index contributed by atoms with van der Waals surface area (Å²) in [6.45, 7) is 0.000555. The Balaban J connectivity index is 1.69. The minimum atomic E-state index is -6.17. The van der Waals surface area contributed by atoms with Crippen LogP contribution in [-0.2, 0) is 6.42 Å². The van der Waals surface area contributed by atoms with Crippen LogP contribution >= 0.6 is 40.6 Å². The molecule has 0 spiro atoms. The Labute approximate surface area is 207 Å². The molecule has 0 amide bonds. The van der Waals surface area contributed by atoms with Crippen molar-refractivity contribution in [3.05, 3.63) is 93.6 Å². The Kier molecular flexibility index (Phi) is 4.56. The topological polar surface area (TPSA) is 17.3 Å². The summed E-state index contributed by atoms with van der Waals surface area (Å²) in [6.07, 6.45) is 0.773. The van der Waals surface area contributed by atoms with Crippen molar-refractivity contribution in [2.75, 3.05) is 0 Å². The van der Waals surface area contributed by atoms with Crippen molar-refractivity contribution in [1.82, 2.24) is 4.57 Å². The number of hydrogen-bond donors (Lipinski definition) is 0. The molecule has 0 aliphatic carbocycles. The molecule has 34 heavy (non-hydrogen) atoms. The molecule has 0 N–H and O–H groups in total. The number of para-hydroxylation sites is 1. The summed E-state index contributed by atoms with van der Waals surface area (Å²) in [4.78, 5) is 0. The van der Waals surface area contributed by atoms with Crippen LogP contribution in [0.3, 0.4) is 0 Å². The molecule has 0 unspecified atom stereocenters. The van der Waals surface area contributed by atoms with Crippen LogP contribution in [0.5, 0.6) is 0 Å². The molecule has 0 radical (unpaired) electrons. The molecule has 0 atom stereocenters. The minimum absolute atomic E-state index is 0.000555. The number of halogens is 6. The van der Waals surface area contributed by atoms with Crippen LogP contribution in [0.1, 0.15) is 11.1 Å². The molecule has 3 heterocycles. The van der Waals surface area contributed by atoms with Crippen LogP contribution in [0.25, 0.3) is 27.5 Å². The molecular formula is C25H15BF4I2N2. The molecule has 2 nitrogen and oxygen atoms in total. The summed E-state index contributed by atoms with van der Waals surface area (Å²) >= 11 is -11.1. The number of benzene rings is 4. The molecule has 1 aromatic heterocycles. The van der Waals surface area contributed by atoms with Crippen molar-refractivity contribution < 1.29 is 11.4 Å². The Hall–Kier alpha value is -2.28. The molecular weight excluding hydrogens is 669 g/mol. The second-order valence-electron chi connectivity index (χ2n) is 8.53. The fraction of sp³-hybridized carbons (Fsp3) is 0.0400. The van der Waals surface area contributed by atoms with Gasteiger partial charge in [0.25, 0.3) is 0 Å². The van der Waals surface area contributed by atoms with Gasteiger partial charge in [-0.25, -0.2) is 0 Å². The van der Waals surface area contributed by atoms with Gasteiger partial charge in [0.05, 0.1) is 0 Å². The van der Waals surface area contributed by atoms with Crippen LogP contribution in [0.15, 0.2) is 80.2 Å². The van der Waals surface area contributed by atoms with Crippen LogP contribution in [0.4, 0.5) is 11.4 Å². The predicted molar refractivity (Wildman–Crippen MR) is 148 cm³/mol. The van der Waals surface area contributed by atoms with Crippen LogP contribution in [0.2, 0.25) is 0 Å². The van der Waals surface area contributed by atoms with Crippen LogP contribution < -0.4 is 16.4 Å². The van der Waals surface area contributed by atoms with Gasteiger partial charge in [0.2, 0.25) is 0 Å². The molecule has 2 aliphatic rings. The van der Waals surface area contributed by atoms with E-state index in [2.05, 4.69) is 24.1 Å². The Morgan fingerprint density at radius 1 is 0.824 bits per heavy atom. The zero-order chi connectivity index (χ0) is 23.2. The monoisotopic (exact) mass is 684 g/mol. The second kappa shape index (κ2) is 7.36. The van der Waals surface area contributed by atoms with Crippen LogP contribution in [-0.4, -0.2) is 11.3 Å². The summed E-state index contributed by atoms with van der Waals surface area (Å²) in [5, 5.41) is 1.07. The maximum absolute atomic E-state index is 15.2. The van der Waals surface area contributed by atoms with Crippen molar-refractivity contribution in [2.45, 2.75) is 6.42 Å². The molecule has 9 heteroatoms. The van der Waals surface area contributed by atoms with E-state index in [1.54, 1.807) is 6.07 Å². The van der Waals surface area contributed by atoms with E-state index >= 15 is 5.72 Å². The number of fused-ring (bicyclic) bond motifs is 8. The molecule has 0 bridgehead atoms. The van der Waals surface area contributed by atoms with Crippen molar-refractivity contribution in [3.8, 4) is 5.69 Å². The van der Waals surface area contributed by atoms with Crippen molar-refractivity contribution in [2.24, 2.45) is 1.36 Å². The van der Waals surface area contributed by atoms with Gasteiger partial charge in [0.15, 0.2) is 0 Å². The van der Waals surface area contributed by atoms with Gasteiger partial charge in [0, 0.05) is 0 Å². The molecule has 4 aromatic carbocycles. The first-order valence-corrected chi connectivity index (χ1v) is 16.9. The summed E-state index contributed by atoms with van der Waals surface area (Å²) < 4.78 is 61.2. The van der Waals surface area contributed by atoms with E-state index in [1.807, 2.05) is 48.5 Å². The van der Waals surface area contributed by atoms with Gasteiger partial charge in [-0.3, -0.25) is 0 Å². The van der Waals surface area contributed by atoms with E-state index in [4.69, 9.17) is 0 Å². The van der Waals surface area contributed by atoms with Crippen LogP contribution in [0, 0.1) is 3.57 Å². The SMILES string of the molecule is FI(F)N=I(F)(F)c1cccc2c1c1ccc3c4c1n2-c1ccccc1B4c1ccccc1C3. The van der Waals surface area contributed by atoms with E-state index in [-0.39, 0.29) is 10.3 Å². The number of rotatable bonds is 2. The van der Waals surface area contributed by atoms with E-state index in [9.17, 15) is 5.72 Å². The van der Waals surface area contributed by atoms with E-state index < -0.39 is 40.6 Å². The molecule has 2 aliphatic heterocycles. The normalized spacial score (nSPS) is 14.7. The van der Waals surface area contributed by atoms with Gasteiger partial charge >= 0.3 is 209 Å². The van der Waals surface area contributed by atoms with Gasteiger partial charge in [-0.15, -0.1) is 0 Å². The molecule has 0 saturated heterocycles. The number of hydrogen-bond acceptors (Lipinski definition) is 1. The third-order valence-electron chi connectivity index (χ3n) is 6.93. The third-order valence-corrected chi connectivity index (χ3v) is 14.9. The fourth-order valence-corrected chi connectivity index (χ4v) is 11.8. The Morgan fingerprint density at radius 3 is 2.41 bits per heavy atom. The average Bonchev–Trinajstić information content (AvgIpc) is 3.17. The second-order valence-corrected chi connectivity index (χ2v) is 15.9. The molecule has 0 saturated carbocycles. The summed E-state index contributed by atoms with van der Waals surface area (Å²) in [5.74, 6) is 0. The zero-order valence-electron chi connectivity index (χ0n) is 17.5. The first-order valence-electron chi connectivity index (χ1n) is 10.7. The summed E-state index contributed by atoms with van der Waals surface area (Å²) in [7, 11) is 0. The van der Waals surface area contributed by atoms with Crippen molar-refractivity contribution in [1.29, 1.82) is 0 Å². The molecule has 170 valence electrons. The molecule has 7 rings (SSSR count). The standard InChI is InChI=1S/C25H15BF4I2N2/c27-31(28)33-32(29,30)20-9-5-11-22-23(20)17-13-12-16-14-15-6-1-2-7-18(15)26-19-8-3-4-10-21(19)34(22)25(17)24(16)26/h1-13H,14H2. The summed E-state index contributed by atoms with van der Waals surface area (Å²) in [6, 6.07) is 25.1. The van der Waals surface area contributed by atoms with Crippen molar-refractivity contribution >= 4 is 85.6 Å². The van der Waals surface area contributed by atoms with E-state index in [1.165, 1.54) is 22.7 Å². The third kappa shape index (κ3) is 2.79. The van der Waals surface area contributed by atoms with Gasteiger partial charge in [-0.05, 0) is 0 Å². The fourth-order valence-electron chi connectivity index (χ4n) is 5.79. The molecule has 0 fully saturated rings. The van der Waals surface area contributed by atoms with Crippen molar-refractivity contribution in [3.63, 3.8) is 0 Å². The Bertz CT molecular complexity index is 1720. The van der Waals surface area contributed by atoms with Gasteiger partial charge in [-0.1, -0.05) is 0 Å². The van der Waals surface area contributed by atoms with Gasteiger partial charge in [0.1, 0.15) is 0 Å². The molecule has 5 aromatic rings. The first kappa shape index (κ1) is 21.0. The van der Waals surface area contributed by atoms with E-state index in [0.717, 1.165) is 28.6 Å². The quantitative estimate of drug-likeness (QED) is 0.108. The Morgan fingerprint density at radius 2 is 1.59 bits per heavy atom. The first-order chi connectivity index (χ1) is 16.5. The predicted octanol–water partition coefficient (Wildman–Crippen LogP) is 6.87. The maximum atomic E-state index is 15.2. The zero-order valence-corrected chi connectivity index (χ0v) is 21.8. The number of aromatic nitrogens is 1.